The molecule has 1 heterocycles. The molecule has 0 fully saturated rings. The molecule has 1 N–H and O–H groups in total. The van der Waals surface area contributed by atoms with Gasteiger partial charge in [-0.25, -0.2) is 8.78 Å². The molecule has 1 aromatic heterocycles. The number of carbonyl (C=O) groups is 1. The average Bonchev–Trinajstić information content (AvgIpc) is 3.08. The first-order valence-electron chi connectivity index (χ1n) is 10.2. The second-order valence-electron chi connectivity index (χ2n) is 7.65. The lowest BCUT2D eigenvalue weighted by molar-refractivity contribution is 0.0935. The van der Waals surface area contributed by atoms with Crippen molar-refractivity contribution >= 4 is 16.7 Å². The van der Waals surface area contributed by atoms with Gasteiger partial charge in [0.05, 0.1) is 22.9 Å². The number of fused-ring (bicyclic) bond motifs is 1. The van der Waals surface area contributed by atoms with E-state index in [9.17, 15) is 13.6 Å². The molecule has 0 saturated carbocycles. The van der Waals surface area contributed by atoms with Crippen LogP contribution in [0.4, 0.5) is 8.78 Å². The van der Waals surface area contributed by atoms with Gasteiger partial charge >= 0.3 is 0 Å². The number of hydrogen-bond acceptors (Lipinski definition) is 4. The predicted molar refractivity (Wildman–Crippen MR) is 116 cm³/mol. The predicted octanol–water partition coefficient (Wildman–Crippen LogP) is 5.79. The SMILES string of the molecule is Cc1noc(C)c1COc1cc2ccccc2cc1C(=O)N[C@@H](C)c1ccc(F)cc1F. The lowest BCUT2D eigenvalue weighted by Crippen LogP contribution is -2.27. The maximum Gasteiger partial charge on any atom is 0.255 e. The van der Waals surface area contributed by atoms with E-state index < -0.39 is 23.6 Å². The van der Waals surface area contributed by atoms with E-state index >= 15 is 0 Å². The smallest absolute Gasteiger partial charge is 0.255 e. The van der Waals surface area contributed by atoms with Crippen LogP contribution in [0, 0.1) is 25.5 Å². The van der Waals surface area contributed by atoms with Crippen molar-refractivity contribution in [2.24, 2.45) is 0 Å². The van der Waals surface area contributed by atoms with Crippen molar-refractivity contribution in [1.29, 1.82) is 0 Å². The lowest BCUT2D eigenvalue weighted by Gasteiger charge is -2.18. The zero-order valence-electron chi connectivity index (χ0n) is 17.9. The second kappa shape index (κ2) is 8.78. The van der Waals surface area contributed by atoms with E-state index in [-0.39, 0.29) is 12.2 Å². The van der Waals surface area contributed by atoms with Crippen molar-refractivity contribution < 1.29 is 22.8 Å². The Balaban J connectivity index is 1.65. The van der Waals surface area contributed by atoms with Gasteiger partial charge in [0.1, 0.15) is 29.8 Å². The van der Waals surface area contributed by atoms with Crippen LogP contribution < -0.4 is 10.1 Å². The number of hydrogen-bond donors (Lipinski definition) is 1. The minimum Gasteiger partial charge on any atom is -0.488 e. The summed E-state index contributed by atoms with van der Waals surface area (Å²) in [5, 5.41) is 8.48. The largest absolute Gasteiger partial charge is 0.488 e. The quantitative estimate of drug-likeness (QED) is 0.415. The van der Waals surface area contributed by atoms with Crippen LogP contribution in [-0.2, 0) is 6.61 Å². The molecular formula is C25H22F2N2O3. The van der Waals surface area contributed by atoms with E-state index in [0.717, 1.165) is 34.2 Å². The second-order valence-corrected chi connectivity index (χ2v) is 7.65. The van der Waals surface area contributed by atoms with Gasteiger partial charge in [0.2, 0.25) is 0 Å². The molecule has 4 rings (SSSR count). The number of benzene rings is 3. The van der Waals surface area contributed by atoms with Gasteiger partial charge in [0.25, 0.3) is 5.91 Å². The minimum atomic E-state index is -0.716. The van der Waals surface area contributed by atoms with Crippen LogP contribution in [0.1, 0.15) is 45.9 Å². The molecule has 7 heteroatoms. The number of amides is 1. The van der Waals surface area contributed by atoms with Crippen LogP contribution in [-0.4, -0.2) is 11.1 Å². The van der Waals surface area contributed by atoms with E-state index in [2.05, 4.69) is 10.5 Å². The third kappa shape index (κ3) is 4.32. The fraction of sp³-hybridized carbons (Fsp3) is 0.200. The summed E-state index contributed by atoms with van der Waals surface area (Å²) < 4.78 is 38.6. The van der Waals surface area contributed by atoms with Crippen LogP contribution in [0.15, 0.2) is 59.1 Å². The van der Waals surface area contributed by atoms with Gasteiger partial charge in [-0.15, -0.1) is 0 Å². The number of nitrogens with one attached hydrogen (secondary N) is 1. The van der Waals surface area contributed by atoms with E-state index in [1.54, 1.807) is 26.0 Å². The minimum absolute atomic E-state index is 0.182. The van der Waals surface area contributed by atoms with Gasteiger partial charge in [0, 0.05) is 11.6 Å². The average molecular weight is 436 g/mol. The molecule has 0 unspecified atom stereocenters. The van der Waals surface area contributed by atoms with Gasteiger partial charge in [-0.1, -0.05) is 35.5 Å². The molecule has 0 spiro atoms. The Bertz CT molecular complexity index is 1280. The van der Waals surface area contributed by atoms with Gasteiger partial charge in [-0.2, -0.15) is 0 Å². The molecule has 3 aromatic carbocycles. The summed E-state index contributed by atoms with van der Waals surface area (Å²) in [4.78, 5) is 13.1. The number of halogens is 2. The van der Waals surface area contributed by atoms with E-state index in [1.165, 1.54) is 6.07 Å². The molecule has 0 bridgehead atoms. The maximum atomic E-state index is 14.2. The van der Waals surface area contributed by atoms with Crippen LogP contribution >= 0.6 is 0 Å². The first-order chi connectivity index (χ1) is 15.3. The number of carbonyl (C=O) groups excluding carboxylic acids is 1. The van der Waals surface area contributed by atoms with E-state index in [1.807, 2.05) is 31.2 Å². The number of ether oxygens (including phenoxy) is 1. The highest BCUT2D eigenvalue weighted by molar-refractivity contribution is 6.01. The van der Waals surface area contributed by atoms with Crippen LogP contribution in [0.5, 0.6) is 5.75 Å². The first kappa shape index (κ1) is 21.5. The topological polar surface area (TPSA) is 64.4 Å². The Labute approximate surface area is 184 Å². The molecule has 164 valence electrons. The van der Waals surface area contributed by atoms with Gasteiger partial charge in [0.15, 0.2) is 0 Å². The van der Waals surface area contributed by atoms with Crippen LogP contribution in [0.25, 0.3) is 10.8 Å². The summed E-state index contributed by atoms with van der Waals surface area (Å²) in [6, 6.07) is 13.7. The molecule has 0 aliphatic carbocycles. The fourth-order valence-electron chi connectivity index (χ4n) is 3.58. The molecule has 0 aliphatic rings. The number of aromatic nitrogens is 1. The molecule has 5 nitrogen and oxygen atoms in total. The van der Waals surface area contributed by atoms with Crippen molar-refractivity contribution in [3.05, 3.63) is 94.4 Å². The summed E-state index contributed by atoms with van der Waals surface area (Å²) in [5.74, 6) is -0.788. The zero-order chi connectivity index (χ0) is 22.8. The van der Waals surface area contributed by atoms with Crippen molar-refractivity contribution in [3.63, 3.8) is 0 Å². The highest BCUT2D eigenvalue weighted by Gasteiger charge is 2.20. The lowest BCUT2D eigenvalue weighted by atomic mass is 10.0. The molecule has 1 atom stereocenters. The van der Waals surface area contributed by atoms with E-state index in [4.69, 9.17) is 9.26 Å². The zero-order valence-corrected chi connectivity index (χ0v) is 17.9. The number of nitrogens with zero attached hydrogens (tertiary/aromatic N) is 1. The van der Waals surface area contributed by atoms with Gasteiger partial charge < -0.3 is 14.6 Å². The molecule has 1 amide bonds. The first-order valence-corrected chi connectivity index (χ1v) is 10.2. The van der Waals surface area contributed by atoms with Crippen molar-refractivity contribution in [2.45, 2.75) is 33.4 Å². The van der Waals surface area contributed by atoms with Crippen molar-refractivity contribution in [2.75, 3.05) is 0 Å². The molecule has 4 aromatic rings. The fourth-order valence-corrected chi connectivity index (χ4v) is 3.58. The van der Waals surface area contributed by atoms with E-state index in [0.29, 0.717) is 17.1 Å². The molecule has 32 heavy (non-hydrogen) atoms. The summed E-state index contributed by atoms with van der Waals surface area (Å²) in [6.45, 7) is 5.44. The Morgan fingerprint density at radius 1 is 1.09 bits per heavy atom. The molecular weight excluding hydrogens is 414 g/mol. The third-order valence-corrected chi connectivity index (χ3v) is 5.42. The van der Waals surface area contributed by atoms with Crippen molar-refractivity contribution in [3.8, 4) is 5.75 Å². The third-order valence-electron chi connectivity index (χ3n) is 5.42. The maximum absolute atomic E-state index is 14.2. The highest BCUT2D eigenvalue weighted by atomic mass is 19.1. The van der Waals surface area contributed by atoms with Gasteiger partial charge in [-0.3, -0.25) is 4.79 Å². The summed E-state index contributed by atoms with van der Waals surface area (Å²) in [7, 11) is 0. The monoisotopic (exact) mass is 436 g/mol. The van der Waals surface area contributed by atoms with Crippen LogP contribution in [0.3, 0.4) is 0 Å². The summed E-state index contributed by atoms with van der Waals surface area (Å²) in [5.41, 5.74) is 2.03. The Morgan fingerprint density at radius 2 is 1.81 bits per heavy atom. The standard InChI is InChI=1S/C25H22F2N2O3/c1-14(20-9-8-19(26)12-23(20)27)28-25(30)21-10-17-6-4-5-7-18(17)11-24(21)31-13-22-15(2)29-32-16(22)3/h4-12,14H,13H2,1-3H3,(H,28,30)/t14-/m0/s1. The highest BCUT2D eigenvalue weighted by Crippen LogP contribution is 2.29. The molecule has 0 aliphatic heterocycles. The molecule has 0 radical (unpaired) electrons. The normalized spacial score (nSPS) is 12.0. The Kier molecular flexibility index (Phi) is 5.90. The van der Waals surface area contributed by atoms with Gasteiger partial charge in [-0.05, 0) is 49.7 Å². The molecule has 0 saturated heterocycles. The number of rotatable bonds is 6. The number of aryl methyl sites for hydroxylation is 2. The Morgan fingerprint density at radius 3 is 2.47 bits per heavy atom. The summed E-state index contributed by atoms with van der Waals surface area (Å²) in [6.07, 6.45) is 0. The summed E-state index contributed by atoms with van der Waals surface area (Å²) >= 11 is 0. The van der Waals surface area contributed by atoms with Crippen molar-refractivity contribution in [1.82, 2.24) is 10.5 Å². The Hall–Kier alpha value is -3.74. The van der Waals surface area contributed by atoms with Crippen LogP contribution in [0.2, 0.25) is 0 Å².